The molecule has 2 rings (SSSR count). The molecule has 0 aliphatic heterocycles. The highest BCUT2D eigenvalue weighted by Gasteiger charge is 2.16. The molecule has 2 aromatic rings. The Kier molecular flexibility index (Phi) is 4.57. The maximum absolute atomic E-state index is 11.4. The Morgan fingerprint density at radius 3 is 2.70 bits per heavy atom. The maximum atomic E-state index is 11.4. The van der Waals surface area contributed by atoms with Crippen molar-refractivity contribution in [2.45, 2.75) is 19.9 Å². The molecule has 0 bridgehead atoms. The van der Waals surface area contributed by atoms with Gasteiger partial charge < -0.3 is 5.32 Å². The van der Waals surface area contributed by atoms with Gasteiger partial charge in [-0.1, -0.05) is 30.3 Å². The monoisotopic (exact) mass is 306 g/mol. The molecule has 1 aromatic carbocycles. The Balaban J connectivity index is 2.27. The molecule has 0 fully saturated rings. The van der Waals surface area contributed by atoms with Gasteiger partial charge >= 0.3 is 0 Å². The van der Waals surface area contributed by atoms with Crippen LogP contribution in [-0.4, -0.2) is 10.9 Å². The molecule has 20 heavy (non-hydrogen) atoms. The largest absolute Gasteiger partial charge is 0.345 e. The molecule has 0 aliphatic carbocycles. The molecule has 0 saturated carbocycles. The van der Waals surface area contributed by atoms with E-state index in [0.717, 1.165) is 21.1 Å². The van der Waals surface area contributed by atoms with E-state index in [1.807, 2.05) is 38.1 Å². The van der Waals surface area contributed by atoms with Crippen molar-refractivity contribution < 1.29 is 4.79 Å². The smallest absolute Gasteiger partial charge is 0.243 e. The molecule has 0 radical (unpaired) electrons. The molecule has 104 valence electrons. The Morgan fingerprint density at radius 1 is 1.45 bits per heavy atom. The van der Waals surface area contributed by atoms with Crippen molar-refractivity contribution in [1.29, 1.82) is 0 Å². The molecular formula is C15H15ClN2OS. The van der Waals surface area contributed by atoms with E-state index in [9.17, 15) is 4.79 Å². The Hall–Kier alpha value is -1.65. The normalized spacial score (nSPS) is 11.9. The SMILES string of the molecule is C=CC(=O)NC(C)c1sc(-c2ccc(Cl)cc2)nc1C. The maximum Gasteiger partial charge on any atom is 0.243 e. The third-order valence-electron chi connectivity index (χ3n) is 2.86. The summed E-state index contributed by atoms with van der Waals surface area (Å²) < 4.78 is 0. The fraction of sp³-hybridized carbons (Fsp3) is 0.200. The molecule has 0 saturated heterocycles. The summed E-state index contributed by atoms with van der Waals surface area (Å²) in [6.45, 7) is 7.34. The van der Waals surface area contributed by atoms with Gasteiger partial charge in [0, 0.05) is 10.6 Å². The van der Waals surface area contributed by atoms with Gasteiger partial charge in [-0.05, 0) is 32.1 Å². The predicted octanol–water partition coefficient (Wildman–Crippen LogP) is 4.14. The van der Waals surface area contributed by atoms with E-state index in [-0.39, 0.29) is 11.9 Å². The van der Waals surface area contributed by atoms with Gasteiger partial charge in [0.1, 0.15) is 5.01 Å². The minimum Gasteiger partial charge on any atom is -0.345 e. The fourth-order valence-corrected chi connectivity index (χ4v) is 3.06. The first-order valence-corrected chi connectivity index (χ1v) is 7.37. The second-order valence-corrected chi connectivity index (χ2v) is 5.88. The zero-order valence-electron chi connectivity index (χ0n) is 11.3. The van der Waals surface area contributed by atoms with E-state index < -0.39 is 0 Å². The van der Waals surface area contributed by atoms with Crippen molar-refractivity contribution >= 4 is 28.8 Å². The summed E-state index contributed by atoms with van der Waals surface area (Å²) in [6, 6.07) is 7.49. The van der Waals surface area contributed by atoms with Crippen LogP contribution in [0, 0.1) is 6.92 Å². The van der Waals surface area contributed by atoms with Crippen LogP contribution in [0.1, 0.15) is 23.5 Å². The van der Waals surface area contributed by atoms with Crippen LogP contribution < -0.4 is 5.32 Å². The van der Waals surface area contributed by atoms with E-state index >= 15 is 0 Å². The second kappa shape index (κ2) is 6.20. The number of hydrogen-bond donors (Lipinski definition) is 1. The lowest BCUT2D eigenvalue weighted by molar-refractivity contribution is -0.117. The number of nitrogens with one attached hydrogen (secondary N) is 1. The first-order valence-electron chi connectivity index (χ1n) is 6.17. The number of carbonyl (C=O) groups excluding carboxylic acids is 1. The average molecular weight is 307 g/mol. The molecule has 1 amide bonds. The Labute approximate surface area is 127 Å². The van der Waals surface area contributed by atoms with Crippen LogP contribution in [0.2, 0.25) is 5.02 Å². The summed E-state index contributed by atoms with van der Waals surface area (Å²) >= 11 is 7.46. The number of halogens is 1. The van der Waals surface area contributed by atoms with Crippen LogP contribution >= 0.6 is 22.9 Å². The van der Waals surface area contributed by atoms with E-state index in [2.05, 4.69) is 16.9 Å². The third kappa shape index (κ3) is 3.26. The lowest BCUT2D eigenvalue weighted by atomic mass is 10.2. The van der Waals surface area contributed by atoms with Gasteiger partial charge in [0.2, 0.25) is 5.91 Å². The first-order chi connectivity index (χ1) is 9.51. The molecule has 5 heteroatoms. The van der Waals surface area contributed by atoms with Crippen LogP contribution in [0.15, 0.2) is 36.9 Å². The Morgan fingerprint density at radius 2 is 2.10 bits per heavy atom. The van der Waals surface area contributed by atoms with Crippen LogP contribution in [-0.2, 0) is 4.79 Å². The van der Waals surface area contributed by atoms with Gasteiger partial charge in [-0.3, -0.25) is 4.79 Å². The van der Waals surface area contributed by atoms with E-state index in [1.165, 1.54) is 6.08 Å². The van der Waals surface area contributed by atoms with Gasteiger partial charge in [0.05, 0.1) is 16.6 Å². The Bertz CT molecular complexity index is 634. The molecule has 0 aliphatic rings. The van der Waals surface area contributed by atoms with Gasteiger partial charge in [-0.15, -0.1) is 11.3 Å². The molecule has 3 nitrogen and oxygen atoms in total. The number of benzene rings is 1. The van der Waals surface area contributed by atoms with Crippen molar-refractivity contribution in [3.05, 3.63) is 52.5 Å². The summed E-state index contributed by atoms with van der Waals surface area (Å²) in [4.78, 5) is 17.0. The number of nitrogens with zero attached hydrogens (tertiary/aromatic N) is 1. The fourth-order valence-electron chi connectivity index (χ4n) is 1.86. The number of rotatable bonds is 4. The molecule has 1 atom stereocenters. The number of aromatic nitrogens is 1. The average Bonchev–Trinajstić information content (AvgIpc) is 2.81. The number of thiazole rings is 1. The van der Waals surface area contributed by atoms with E-state index in [1.54, 1.807) is 11.3 Å². The van der Waals surface area contributed by atoms with E-state index in [0.29, 0.717) is 5.02 Å². The zero-order chi connectivity index (χ0) is 14.7. The number of amides is 1. The zero-order valence-corrected chi connectivity index (χ0v) is 12.9. The van der Waals surface area contributed by atoms with Crippen LogP contribution in [0.3, 0.4) is 0 Å². The lowest BCUT2D eigenvalue weighted by Gasteiger charge is -2.10. The topological polar surface area (TPSA) is 42.0 Å². The highest BCUT2D eigenvalue weighted by atomic mass is 35.5. The summed E-state index contributed by atoms with van der Waals surface area (Å²) in [7, 11) is 0. The van der Waals surface area contributed by atoms with Gasteiger partial charge in [0.25, 0.3) is 0 Å². The molecule has 1 aromatic heterocycles. The van der Waals surface area contributed by atoms with Crippen molar-refractivity contribution in [2.24, 2.45) is 0 Å². The predicted molar refractivity (Wildman–Crippen MR) is 84.1 cm³/mol. The summed E-state index contributed by atoms with van der Waals surface area (Å²) in [5.74, 6) is -0.182. The quantitative estimate of drug-likeness (QED) is 0.863. The van der Waals surface area contributed by atoms with Crippen molar-refractivity contribution in [2.75, 3.05) is 0 Å². The minimum absolute atomic E-state index is 0.0842. The third-order valence-corrected chi connectivity index (χ3v) is 4.50. The van der Waals surface area contributed by atoms with Crippen molar-refractivity contribution in [1.82, 2.24) is 10.3 Å². The molecular weight excluding hydrogens is 292 g/mol. The molecule has 0 spiro atoms. The highest BCUT2D eigenvalue weighted by Crippen LogP contribution is 2.32. The number of hydrogen-bond acceptors (Lipinski definition) is 3. The van der Waals surface area contributed by atoms with Gasteiger partial charge in [0.15, 0.2) is 0 Å². The summed E-state index contributed by atoms with van der Waals surface area (Å²) in [5, 5.41) is 4.48. The van der Waals surface area contributed by atoms with Crippen LogP contribution in [0.4, 0.5) is 0 Å². The number of aryl methyl sites for hydroxylation is 1. The summed E-state index contributed by atoms with van der Waals surface area (Å²) in [6.07, 6.45) is 1.27. The number of carbonyl (C=O) groups is 1. The van der Waals surface area contributed by atoms with Gasteiger partial charge in [-0.2, -0.15) is 0 Å². The van der Waals surface area contributed by atoms with Crippen molar-refractivity contribution in [3.8, 4) is 10.6 Å². The standard InChI is InChI=1S/C15H15ClN2OS/c1-4-13(19)17-9(2)14-10(3)18-15(20-14)11-5-7-12(16)8-6-11/h4-9H,1H2,2-3H3,(H,17,19). The van der Waals surface area contributed by atoms with Gasteiger partial charge in [-0.25, -0.2) is 4.98 Å². The molecule has 1 N–H and O–H groups in total. The van der Waals surface area contributed by atoms with E-state index in [4.69, 9.17) is 11.6 Å². The van der Waals surface area contributed by atoms with Crippen molar-refractivity contribution in [3.63, 3.8) is 0 Å². The van der Waals surface area contributed by atoms with Crippen LogP contribution in [0.5, 0.6) is 0 Å². The summed E-state index contributed by atoms with van der Waals surface area (Å²) in [5.41, 5.74) is 1.95. The second-order valence-electron chi connectivity index (χ2n) is 4.41. The molecule has 1 heterocycles. The lowest BCUT2D eigenvalue weighted by Crippen LogP contribution is -2.24. The minimum atomic E-state index is -0.182. The first kappa shape index (κ1) is 14.8. The molecule has 1 unspecified atom stereocenters. The van der Waals surface area contributed by atoms with Crippen LogP contribution in [0.25, 0.3) is 10.6 Å². The highest BCUT2D eigenvalue weighted by molar-refractivity contribution is 7.15.